The lowest BCUT2D eigenvalue weighted by Gasteiger charge is -2.19. The minimum atomic E-state index is -0.960. The summed E-state index contributed by atoms with van der Waals surface area (Å²) in [5.41, 5.74) is -0.112. The fourth-order valence-corrected chi connectivity index (χ4v) is 1.91. The van der Waals surface area contributed by atoms with Gasteiger partial charge >= 0.3 is 5.97 Å². The fraction of sp³-hybridized carbons (Fsp3) is 0.462. The lowest BCUT2D eigenvalue weighted by atomic mass is 9.85. The molecule has 0 saturated carbocycles. The summed E-state index contributed by atoms with van der Waals surface area (Å²) in [7, 11) is 1.46. The van der Waals surface area contributed by atoms with Gasteiger partial charge in [-0.15, -0.1) is 0 Å². The topological polar surface area (TPSA) is 46.5 Å². The van der Waals surface area contributed by atoms with Gasteiger partial charge in [0.25, 0.3) is 0 Å². The number of rotatable bonds is 5. The van der Waals surface area contributed by atoms with Gasteiger partial charge in [-0.05, 0) is 38.0 Å². The van der Waals surface area contributed by atoms with Crippen LogP contribution in [-0.2, 0) is 22.6 Å². The summed E-state index contributed by atoms with van der Waals surface area (Å²) in [6.45, 7) is 3.27. The van der Waals surface area contributed by atoms with E-state index in [9.17, 15) is 9.18 Å². The number of aliphatic carboxylic acids is 1. The number of carbonyl (C=O) groups is 1. The van der Waals surface area contributed by atoms with Gasteiger partial charge in [-0.2, -0.15) is 0 Å². The third-order valence-corrected chi connectivity index (χ3v) is 3.05. The van der Waals surface area contributed by atoms with Gasteiger partial charge < -0.3 is 9.84 Å². The standard InChI is InChI=1S/C13H16ClFO3/c1-13(2,12(16)17)6-8-4-10(14)9(7-18-3)11(15)5-8/h4-5H,6-7H2,1-3H3,(H,16,17). The highest BCUT2D eigenvalue weighted by molar-refractivity contribution is 6.31. The molecule has 1 aromatic carbocycles. The Kier molecular flexibility index (Phi) is 4.71. The number of methoxy groups -OCH3 is 1. The highest BCUT2D eigenvalue weighted by atomic mass is 35.5. The summed E-state index contributed by atoms with van der Waals surface area (Å²) >= 11 is 5.95. The van der Waals surface area contributed by atoms with Crippen LogP contribution >= 0.6 is 11.6 Å². The smallest absolute Gasteiger partial charge is 0.309 e. The molecule has 1 rings (SSSR count). The molecule has 5 heteroatoms. The first kappa shape index (κ1) is 14.9. The molecule has 0 amide bonds. The van der Waals surface area contributed by atoms with Crippen molar-refractivity contribution in [1.82, 2.24) is 0 Å². The Morgan fingerprint density at radius 2 is 2.11 bits per heavy atom. The lowest BCUT2D eigenvalue weighted by molar-refractivity contribution is -0.146. The van der Waals surface area contributed by atoms with Crippen LogP contribution < -0.4 is 0 Å². The van der Waals surface area contributed by atoms with Gasteiger partial charge in [0, 0.05) is 17.7 Å². The molecule has 100 valence electrons. The van der Waals surface area contributed by atoms with Gasteiger partial charge in [-0.25, -0.2) is 4.39 Å². The summed E-state index contributed by atoms with van der Waals surface area (Å²) in [6, 6.07) is 2.90. The Morgan fingerprint density at radius 1 is 1.50 bits per heavy atom. The zero-order valence-corrected chi connectivity index (χ0v) is 11.3. The molecule has 0 radical (unpaired) electrons. The number of halogens is 2. The van der Waals surface area contributed by atoms with Gasteiger partial charge in [0.05, 0.1) is 12.0 Å². The number of benzene rings is 1. The van der Waals surface area contributed by atoms with Crippen molar-refractivity contribution in [3.8, 4) is 0 Å². The van der Waals surface area contributed by atoms with E-state index in [1.807, 2.05) is 0 Å². The summed E-state index contributed by atoms with van der Waals surface area (Å²) < 4.78 is 18.6. The first-order valence-corrected chi connectivity index (χ1v) is 5.85. The minimum Gasteiger partial charge on any atom is -0.481 e. The second-order valence-electron chi connectivity index (χ2n) is 4.84. The quantitative estimate of drug-likeness (QED) is 0.896. The van der Waals surface area contributed by atoms with Crippen molar-refractivity contribution in [2.45, 2.75) is 26.9 Å². The van der Waals surface area contributed by atoms with E-state index in [0.29, 0.717) is 5.56 Å². The van der Waals surface area contributed by atoms with Crippen molar-refractivity contribution in [3.05, 3.63) is 34.1 Å². The molecule has 1 N–H and O–H groups in total. The van der Waals surface area contributed by atoms with Crippen LogP contribution in [0.5, 0.6) is 0 Å². The van der Waals surface area contributed by atoms with Gasteiger partial charge in [-0.1, -0.05) is 11.6 Å². The number of carboxylic acids is 1. The van der Waals surface area contributed by atoms with Crippen LogP contribution in [0.15, 0.2) is 12.1 Å². The second-order valence-corrected chi connectivity index (χ2v) is 5.24. The highest BCUT2D eigenvalue weighted by Crippen LogP contribution is 2.27. The molecule has 0 bridgehead atoms. The molecule has 3 nitrogen and oxygen atoms in total. The Hall–Kier alpha value is -1.13. The maximum atomic E-state index is 13.8. The van der Waals surface area contributed by atoms with Crippen molar-refractivity contribution in [2.24, 2.45) is 5.41 Å². The average Bonchev–Trinajstić information content (AvgIpc) is 2.22. The Labute approximate surface area is 111 Å². The van der Waals surface area contributed by atoms with Crippen molar-refractivity contribution in [3.63, 3.8) is 0 Å². The first-order valence-electron chi connectivity index (χ1n) is 5.47. The van der Waals surface area contributed by atoms with Gasteiger partial charge in [0.1, 0.15) is 5.82 Å². The maximum Gasteiger partial charge on any atom is 0.309 e. The third-order valence-electron chi connectivity index (χ3n) is 2.71. The molecule has 0 heterocycles. The van der Waals surface area contributed by atoms with Gasteiger partial charge in [0.2, 0.25) is 0 Å². The molecule has 0 unspecified atom stereocenters. The molecule has 0 spiro atoms. The van der Waals surface area contributed by atoms with Crippen molar-refractivity contribution < 1.29 is 19.0 Å². The van der Waals surface area contributed by atoms with E-state index < -0.39 is 17.2 Å². The fourth-order valence-electron chi connectivity index (χ4n) is 1.63. The summed E-state index contributed by atoms with van der Waals surface area (Å²) in [4.78, 5) is 11.0. The molecular formula is C13H16ClFO3. The molecule has 0 atom stereocenters. The van der Waals surface area contributed by atoms with Crippen LogP contribution in [0.25, 0.3) is 0 Å². The zero-order valence-electron chi connectivity index (χ0n) is 10.6. The van der Waals surface area contributed by atoms with E-state index in [2.05, 4.69) is 0 Å². The SMILES string of the molecule is COCc1c(F)cc(CC(C)(C)C(=O)O)cc1Cl. The Bertz CT molecular complexity index is 435. The third kappa shape index (κ3) is 3.43. The van der Waals surface area contributed by atoms with Crippen LogP contribution in [0.3, 0.4) is 0 Å². The molecular weight excluding hydrogens is 259 g/mol. The van der Waals surface area contributed by atoms with Gasteiger partial charge in [0.15, 0.2) is 0 Å². The predicted molar refractivity (Wildman–Crippen MR) is 67.2 cm³/mol. The molecule has 0 aliphatic rings. The van der Waals surface area contributed by atoms with E-state index in [4.69, 9.17) is 21.4 Å². The number of carboxylic acid groups (broad SMARTS) is 1. The second kappa shape index (κ2) is 5.67. The summed E-state index contributed by atoms with van der Waals surface area (Å²) in [5.74, 6) is -1.40. The van der Waals surface area contributed by atoms with Crippen molar-refractivity contribution >= 4 is 17.6 Å². The molecule has 0 fully saturated rings. The first-order chi connectivity index (χ1) is 8.27. The highest BCUT2D eigenvalue weighted by Gasteiger charge is 2.28. The van der Waals surface area contributed by atoms with Crippen LogP contribution in [0.2, 0.25) is 5.02 Å². The van der Waals surface area contributed by atoms with Crippen molar-refractivity contribution in [1.29, 1.82) is 0 Å². The maximum absolute atomic E-state index is 13.8. The Morgan fingerprint density at radius 3 is 2.56 bits per heavy atom. The van der Waals surface area contributed by atoms with E-state index in [-0.39, 0.29) is 23.6 Å². The number of ether oxygens (including phenoxy) is 1. The molecule has 0 aliphatic heterocycles. The largest absolute Gasteiger partial charge is 0.481 e. The predicted octanol–water partition coefficient (Wildman–Crippen LogP) is 3.28. The molecule has 0 aliphatic carbocycles. The van der Waals surface area contributed by atoms with E-state index in [1.165, 1.54) is 13.2 Å². The zero-order chi connectivity index (χ0) is 13.9. The number of hydrogen-bond acceptors (Lipinski definition) is 2. The minimum absolute atomic E-state index is 0.0905. The number of hydrogen-bond donors (Lipinski definition) is 1. The molecule has 0 saturated heterocycles. The molecule has 0 aromatic heterocycles. The monoisotopic (exact) mass is 274 g/mol. The Balaban J connectivity index is 3.03. The van der Waals surface area contributed by atoms with E-state index >= 15 is 0 Å². The van der Waals surface area contributed by atoms with Crippen LogP contribution in [-0.4, -0.2) is 18.2 Å². The molecule has 18 heavy (non-hydrogen) atoms. The normalized spacial score (nSPS) is 11.6. The molecule has 1 aromatic rings. The lowest BCUT2D eigenvalue weighted by Crippen LogP contribution is -2.26. The van der Waals surface area contributed by atoms with Crippen LogP contribution in [0.1, 0.15) is 25.0 Å². The van der Waals surface area contributed by atoms with Crippen LogP contribution in [0.4, 0.5) is 4.39 Å². The van der Waals surface area contributed by atoms with E-state index in [1.54, 1.807) is 19.9 Å². The van der Waals surface area contributed by atoms with Gasteiger partial charge in [-0.3, -0.25) is 4.79 Å². The van der Waals surface area contributed by atoms with Crippen LogP contribution in [0, 0.1) is 11.2 Å². The van der Waals surface area contributed by atoms with Crippen molar-refractivity contribution in [2.75, 3.05) is 7.11 Å². The summed E-state index contributed by atoms with van der Waals surface area (Å²) in [6.07, 6.45) is 0.215. The average molecular weight is 275 g/mol. The summed E-state index contributed by atoms with van der Waals surface area (Å²) in [5, 5.41) is 9.29. The van der Waals surface area contributed by atoms with E-state index in [0.717, 1.165) is 0 Å².